The minimum Gasteiger partial charge on any atom is -0.340 e. The summed E-state index contributed by atoms with van der Waals surface area (Å²) in [7, 11) is 0. The minimum absolute atomic E-state index is 0. The molecule has 145 valence electrons. The molecule has 1 aromatic heterocycles. The molecule has 2 aromatic carbocycles. The second-order valence-electron chi connectivity index (χ2n) is 7.91. The molecule has 1 radical (unpaired) electrons. The molecule has 0 bridgehead atoms. The zero-order valence-corrected chi connectivity index (χ0v) is 19.5. The molecule has 0 aliphatic rings. The fraction of sp³-hybridized carbons (Fsp3) is 0.375. The topological polar surface area (TPSA) is 17.8 Å². The van der Waals surface area contributed by atoms with Crippen molar-refractivity contribution in [2.45, 2.75) is 59.3 Å². The monoisotopic (exact) mass is 538 g/mol. The third-order valence-electron chi connectivity index (χ3n) is 4.93. The molecule has 0 amide bonds. The Morgan fingerprint density at radius 1 is 0.889 bits per heavy atom. The summed E-state index contributed by atoms with van der Waals surface area (Å²) in [6.45, 7) is 13.6. The Morgan fingerprint density at radius 2 is 1.52 bits per heavy atom. The second-order valence-corrected chi connectivity index (χ2v) is 7.91. The van der Waals surface area contributed by atoms with E-state index in [0.29, 0.717) is 17.8 Å². The van der Waals surface area contributed by atoms with E-state index in [1.807, 2.05) is 24.4 Å². The molecule has 1 heterocycles. The van der Waals surface area contributed by atoms with Crippen LogP contribution >= 0.6 is 0 Å². The molecule has 0 fully saturated rings. The molecule has 0 unspecified atom stereocenters. The fourth-order valence-corrected chi connectivity index (χ4v) is 3.41. The van der Waals surface area contributed by atoms with Gasteiger partial charge in [0.2, 0.25) is 0 Å². The average molecular weight is 538 g/mol. The summed E-state index contributed by atoms with van der Waals surface area (Å²) in [4.78, 5) is 4.65. The van der Waals surface area contributed by atoms with Gasteiger partial charge in [0.1, 0.15) is 0 Å². The van der Waals surface area contributed by atoms with E-state index in [1.54, 1.807) is 0 Å². The number of hydrogen-bond donors (Lipinski definition) is 0. The first-order valence-corrected chi connectivity index (χ1v) is 9.58. The average Bonchev–Trinajstić information content (AvgIpc) is 3.10. The van der Waals surface area contributed by atoms with Crippen molar-refractivity contribution in [3.8, 4) is 17.1 Å². The molecule has 0 spiro atoms. The van der Waals surface area contributed by atoms with Gasteiger partial charge in [-0.25, -0.2) is 0 Å². The zero-order chi connectivity index (χ0) is 18.8. The zero-order valence-electron chi connectivity index (χ0n) is 17.1. The molecule has 3 rings (SSSR count). The third kappa shape index (κ3) is 4.42. The van der Waals surface area contributed by atoms with Crippen molar-refractivity contribution in [3.05, 3.63) is 71.5 Å². The number of benzene rings is 2. The maximum atomic E-state index is 4.65. The maximum Gasteiger partial charge on any atom is 0.0602 e. The Hall–Kier alpha value is -1.70. The predicted octanol–water partition coefficient (Wildman–Crippen LogP) is 6.71. The summed E-state index contributed by atoms with van der Waals surface area (Å²) in [6.07, 6.45) is 3.97. The molecule has 0 saturated carbocycles. The van der Waals surface area contributed by atoms with Crippen molar-refractivity contribution < 1.29 is 20.1 Å². The maximum absolute atomic E-state index is 4.65. The molecule has 3 aromatic rings. The van der Waals surface area contributed by atoms with Crippen LogP contribution in [0.1, 0.15) is 76.0 Å². The van der Waals surface area contributed by atoms with Crippen LogP contribution in [-0.2, 0) is 20.1 Å². The van der Waals surface area contributed by atoms with Gasteiger partial charge in [0.25, 0.3) is 0 Å². The van der Waals surface area contributed by atoms with Crippen LogP contribution in [-0.4, -0.2) is 9.55 Å². The van der Waals surface area contributed by atoms with Gasteiger partial charge < -0.3 is 4.57 Å². The van der Waals surface area contributed by atoms with E-state index < -0.39 is 0 Å². The van der Waals surface area contributed by atoms with E-state index >= 15 is 0 Å². The van der Waals surface area contributed by atoms with Crippen LogP contribution in [0, 0.1) is 6.07 Å². The van der Waals surface area contributed by atoms with Crippen LogP contribution in [0.25, 0.3) is 17.1 Å². The van der Waals surface area contributed by atoms with Crippen LogP contribution in [0.3, 0.4) is 0 Å². The van der Waals surface area contributed by atoms with E-state index in [2.05, 4.69) is 81.6 Å². The van der Waals surface area contributed by atoms with Crippen molar-refractivity contribution in [3.63, 3.8) is 0 Å². The second kappa shape index (κ2) is 8.99. The molecular formula is C24H29IrN2-. The van der Waals surface area contributed by atoms with Crippen molar-refractivity contribution in [1.82, 2.24) is 9.55 Å². The number of rotatable bonds is 5. The number of hydrogen-bond acceptors (Lipinski definition) is 1. The molecule has 0 atom stereocenters. The van der Waals surface area contributed by atoms with Gasteiger partial charge >= 0.3 is 0 Å². The Labute approximate surface area is 177 Å². The van der Waals surface area contributed by atoms with Gasteiger partial charge in [-0.05, 0) is 34.4 Å². The Kier molecular flexibility index (Phi) is 7.19. The molecule has 0 aliphatic heterocycles. The summed E-state index contributed by atoms with van der Waals surface area (Å²) in [5, 5.41) is 0. The van der Waals surface area contributed by atoms with Crippen LogP contribution in [0.4, 0.5) is 0 Å². The third-order valence-corrected chi connectivity index (χ3v) is 4.93. The summed E-state index contributed by atoms with van der Waals surface area (Å²) < 4.78 is 2.25. The van der Waals surface area contributed by atoms with Gasteiger partial charge in [0, 0.05) is 38.2 Å². The SMILES string of the molecule is CC(C)c1cc(C(C)C)c(-n2ccnc2-c2[c-]cccc2)c(C(C)C)c1.[Ir]. The molecule has 2 nitrogen and oxygen atoms in total. The van der Waals surface area contributed by atoms with Gasteiger partial charge in [0.05, 0.1) is 5.82 Å². The van der Waals surface area contributed by atoms with E-state index in [0.717, 1.165) is 11.4 Å². The fourth-order valence-electron chi connectivity index (χ4n) is 3.41. The molecule has 0 aliphatic carbocycles. The number of imidazole rings is 1. The first-order valence-electron chi connectivity index (χ1n) is 9.58. The first kappa shape index (κ1) is 21.6. The first-order chi connectivity index (χ1) is 12.4. The summed E-state index contributed by atoms with van der Waals surface area (Å²) in [5.74, 6) is 2.35. The van der Waals surface area contributed by atoms with Crippen LogP contribution < -0.4 is 0 Å². The van der Waals surface area contributed by atoms with Gasteiger partial charge in [-0.1, -0.05) is 53.7 Å². The van der Waals surface area contributed by atoms with Crippen LogP contribution in [0.5, 0.6) is 0 Å². The van der Waals surface area contributed by atoms with Crippen LogP contribution in [0.15, 0.2) is 48.8 Å². The van der Waals surface area contributed by atoms with E-state index in [9.17, 15) is 0 Å². The summed E-state index contributed by atoms with van der Waals surface area (Å²) in [5.41, 5.74) is 6.48. The van der Waals surface area contributed by atoms with Crippen LogP contribution in [0.2, 0.25) is 0 Å². The minimum atomic E-state index is 0. The number of aromatic nitrogens is 2. The molecule has 27 heavy (non-hydrogen) atoms. The standard InChI is InChI=1S/C24H29N2.Ir/c1-16(2)20-14-21(17(3)4)23(22(15-20)18(5)6)26-13-12-25-24(26)19-10-8-7-9-11-19;/h7-10,12-18H,1-6H3;/q-1;. The molecule has 3 heteroatoms. The van der Waals surface area contributed by atoms with Crippen molar-refractivity contribution in [2.24, 2.45) is 0 Å². The van der Waals surface area contributed by atoms with Gasteiger partial charge in [-0.15, -0.1) is 35.9 Å². The van der Waals surface area contributed by atoms with E-state index in [1.165, 1.54) is 22.4 Å². The Balaban J connectivity index is 0.00000261. The largest absolute Gasteiger partial charge is 0.340 e. The quantitative estimate of drug-likeness (QED) is 0.331. The molecule has 0 N–H and O–H groups in total. The van der Waals surface area contributed by atoms with Crippen molar-refractivity contribution in [1.29, 1.82) is 0 Å². The van der Waals surface area contributed by atoms with E-state index in [-0.39, 0.29) is 20.1 Å². The van der Waals surface area contributed by atoms with Crippen molar-refractivity contribution in [2.75, 3.05) is 0 Å². The predicted molar refractivity (Wildman–Crippen MR) is 110 cm³/mol. The number of nitrogens with zero attached hydrogens (tertiary/aromatic N) is 2. The summed E-state index contributed by atoms with van der Waals surface area (Å²) in [6, 6.07) is 16.1. The van der Waals surface area contributed by atoms with E-state index in [4.69, 9.17) is 0 Å². The van der Waals surface area contributed by atoms with Gasteiger partial charge in [-0.3, -0.25) is 4.98 Å². The molecule has 0 saturated heterocycles. The van der Waals surface area contributed by atoms with Gasteiger partial charge in [-0.2, -0.15) is 0 Å². The summed E-state index contributed by atoms with van der Waals surface area (Å²) >= 11 is 0. The Morgan fingerprint density at radius 3 is 2.00 bits per heavy atom. The van der Waals surface area contributed by atoms with Crippen molar-refractivity contribution >= 4 is 0 Å². The normalized spacial score (nSPS) is 11.3. The Bertz CT molecular complexity index is 847. The smallest absolute Gasteiger partial charge is 0.0602 e. The molecular weight excluding hydrogens is 508 g/mol. The van der Waals surface area contributed by atoms with Gasteiger partial charge in [0.15, 0.2) is 0 Å².